The Bertz CT molecular complexity index is 2540. The molecule has 0 radical (unpaired) electrons. The third kappa shape index (κ3) is 68.7. The molecular formula is C82H170N12O37-8. The first-order chi connectivity index (χ1) is 62.8. The molecule has 788 valence electrons. The van der Waals surface area contributed by atoms with E-state index in [0.717, 1.165) is 0 Å². The minimum atomic E-state index is -1.53. The van der Waals surface area contributed by atoms with Crippen LogP contribution in [0.1, 0.15) is 51.4 Å². The Morgan fingerprint density at radius 2 is 0.260 bits per heavy atom. The van der Waals surface area contributed by atoms with Gasteiger partial charge in [-0.3, -0.25) is 4.90 Å². The first kappa shape index (κ1) is 129. The van der Waals surface area contributed by atoms with Crippen LogP contribution in [0.15, 0.2) is 0 Å². The van der Waals surface area contributed by atoms with Gasteiger partial charge in [0.05, 0.1) is 257 Å². The average Bonchev–Trinajstić information content (AvgIpc) is 0.816. The smallest absolute Gasteiger partial charge is 0.129 e. The molecule has 49 nitrogen and oxygen atoms in total. The Labute approximate surface area is 776 Å². The number of hydroxylamine groups is 33. The molecule has 6 N–H and O–H groups in total. The van der Waals surface area contributed by atoms with E-state index in [2.05, 4.69) is 0 Å². The van der Waals surface area contributed by atoms with E-state index in [0.29, 0.717) is 0 Å². The van der Waals surface area contributed by atoms with Crippen molar-refractivity contribution >= 4 is 0 Å². The van der Waals surface area contributed by atoms with Gasteiger partial charge >= 0.3 is 0 Å². The molecule has 0 aromatic rings. The number of ether oxygens (including phenoxy) is 12. The van der Waals surface area contributed by atoms with Crippen LogP contribution in [0.2, 0.25) is 0 Å². The number of hydrogen-bond donors (Lipinski definition) is 6. The van der Waals surface area contributed by atoms with Crippen LogP contribution in [-0.2, 0) is 56.8 Å². The summed E-state index contributed by atoms with van der Waals surface area (Å²) in [5, 5.41) is 322. The number of nitrogens with zero attached hydrogens (tertiary/aromatic N) is 12. The van der Waals surface area contributed by atoms with Gasteiger partial charge in [0, 0.05) is 13.1 Å². The lowest BCUT2D eigenvalue weighted by Gasteiger charge is -2.54. The zero-order valence-electron chi connectivity index (χ0n) is 78.7. The molecule has 9 atom stereocenters. The molecule has 0 aliphatic carbocycles. The summed E-state index contributed by atoms with van der Waals surface area (Å²) in [6, 6.07) is 0. The van der Waals surface area contributed by atoms with Crippen molar-refractivity contribution in [1.29, 1.82) is 0 Å². The third-order valence-corrected chi connectivity index (χ3v) is 23.0. The molecule has 0 aliphatic rings. The summed E-state index contributed by atoms with van der Waals surface area (Å²) >= 11 is 0. The highest BCUT2D eigenvalue weighted by molar-refractivity contribution is 4.66. The summed E-state index contributed by atoms with van der Waals surface area (Å²) in [6.07, 6.45) is -0.692. The molecule has 9 unspecified atom stereocenters. The van der Waals surface area contributed by atoms with Gasteiger partial charge in [-0.25, -0.2) is 0 Å². The van der Waals surface area contributed by atoms with Crippen LogP contribution in [-0.4, -0.2) is 573 Å². The van der Waals surface area contributed by atoms with Crippen molar-refractivity contribution in [3.8, 4) is 0 Å². The highest BCUT2D eigenvalue weighted by atomic mass is 16.6. The predicted molar refractivity (Wildman–Crippen MR) is 465 cm³/mol. The minimum Gasteiger partial charge on any atom is -0.854 e. The lowest BCUT2D eigenvalue weighted by Crippen LogP contribution is -2.64. The Kier molecular flexibility index (Phi) is 78.5. The van der Waals surface area contributed by atoms with Crippen LogP contribution >= 0.6 is 0 Å². The molecule has 0 saturated heterocycles. The zero-order chi connectivity index (χ0) is 97.5. The Balaban J connectivity index is 9.11. The SMILES string of the molecule is [O-]CCCN(CC[N+]([O-])(CCC[O-])CCC[O-])CC[N+]([O-])(CC[N+]([O-])(CCOCCOCCO)CC[N+]([O-])(CCC[O-])CCOCCOCCO)CC[N+]([O-])(CC[N+]([O-])(CCC[O-])CCOCCOCCO)CC[N+]([O-])(CCOCCOCCO)CC[N+]([O-])(CC[N+]([O-])(CCC[O-])CCC[O-])CC[N+]([O-])(CCOCCOCCO)CC[N+]([O-])(CCC[O-])CCOCCOCCO. The van der Waals surface area contributed by atoms with Crippen molar-refractivity contribution in [3.63, 3.8) is 0 Å². The molecule has 0 aliphatic heterocycles. The molecule has 0 amide bonds. The molecule has 0 rings (SSSR count). The van der Waals surface area contributed by atoms with Crippen LogP contribution < -0.4 is 40.9 Å². The molecule has 0 saturated carbocycles. The molecule has 0 aromatic heterocycles. The van der Waals surface area contributed by atoms with Gasteiger partial charge in [-0.05, 0) is 51.5 Å². The highest BCUT2D eigenvalue weighted by Crippen LogP contribution is 2.23. The summed E-state index contributed by atoms with van der Waals surface area (Å²) in [5.74, 6) is 0. The molecular weight excluding hydrogens is 1740 g/mol. The number of quaternary nitrogens is 11. The monoisotopic (exact) mass is 1920 g/mol. The normalized spacial score (nSPS) is 16.7. The van der Waals surface area contributed by atoms with Crippen molar-refractivity contribution in [2.45, 2.75) is 51.4 Å². The largest absolute Gasteiger partial charge is 0.854 e. The quantitative estimate of drug-likeness (QED) is 0.0187. The molecule has 0 fully saturated rings. The van der Waals surface area contributed by atoms with E-state index in [9.17, 15) is 82.1 Å². The fraction of sp³-hybridized carbons (Fsp3) is 1.00. The fourth-order valence-corrected chi connectivity index (χ4v) is 14.4. The minimum absolute atomic E-state index is 0.00583. The Morgan fingerprint density at radius 3 is 0.412 bits per heavy atom. The lowest BCUT2D eigenvalue weighted by atomic mass is 10.2. The molecule has 0 aromatic carbocycles. The van der Waals surface area contributed by atoms with E-state index in [-0.39, 0.29) is 354 Å². The highest BCUT2D eigenvalue weighted by Gasteiger charge is 2.37. The Hall–Kier alpha value is -1.96. The standard InChI is InChI=1S/C82H170N12O37/c95-45-1-9-83(10-19-84(109,12-2-46-96)13-3-47-97)11-20-89(114,26-35-92(117,42-62-123-74-80-129-68-56-106)33-23-87(112,17-7-51-101)40-60-121-72-78-127-66-54-104)25-29-91(116,28-22-86(111,16-6-50-100)39-59-120-71-77-126-65-53-103)32-38-94(119,44-64-125-76-82-131-70-58-108)37-31-90(115,27-21-85(110,14-4-48-98)15-5-49-99)30-36-93(118,43-63-124-75-81-130-69-57-107)34-24-88(113,18-8-52-102)41-61-122-73-79-128-67-55-105/h103-108H,1-82H2/q-8. The van der Waals surface area contributed by atoms with Gasteiger partial charge in [0.25, 0.3) is 0 Å². The van der Waals surface area contributed by atoms with E-state index < -0.39 is 235 Å². The van der Waals surface area contributed by atoms with Gasteiger partial charge in [0.2, 0.25) is 0 Å². The van der Waals surface area contributed by atoms with Crippen molar-refractivity contribution < 1.29 is 179 Å². The van der Waals surface area contributed by atoms with Gasteiger partial charge in [0.1, 0.15) is 157 Å². The maximum absolute atomic E-state index is 16.7. The average molecular weight is 1920 g/mol. The zero-order valence-corrected chi connectivity index (χ0v) is 78.7. The van der Waals surface area contributed by atoms with Crippen LogP contribution in [0.4, 0.5) is 0 Å². The lowest BCUT2D eigenvalue weighted by molar-refractivity contribution is -0.993. The van der Waals surface area contributed by atoms with Gasteiger partial charge in [-0.1, -0.05) is 6.42 Å². The van der Waals surface area contributed by atoms with E-state index in [1.807, 2.05) is 0 Å². The first-order valence-electron chi connectivity index (χ1n) is 47.0. The summed E-state index contributed by atoms with van der Waals surface area (Å²) in [5.41, 5.74) is 0. The maximum Gasteiger partial charge on any atom is 0.129 e. The molecule has 0 spiro atoms. The predicted octanol–water partition coefficient (Wildman–Crippen LogP) is -11.1. The molecule has 49 heteroatoms. The van der Waals surface area contributed by atoms with E-state index in [4.69, 9.17) is 67.1 Å². The maximum atomic E-state index is 16.7. The topological polar surface area (TPSA) is 674 Å². The molecule has 0 bridgehead atoms. The van der Waals surface area contributed by atoms with E-state index in [1.165, 1.54) is 0 Å². The Morgan fingerprint density at radius 1 is 0.137 bits per heavy atom. The second-order valence-corrected chi connectivity index (χ2v) is 33.5. The molecule has 131 heavy (non-hydrogen) atoms. The summed E-state index contributed by atoms with van der Waals surface area (Å²) in [6.45, 7) is -23.6. The molecule has 0 heterocycles. The first-order valence-corrected chi connectivity index (χ1v) is 47.0. The van der Waals surface area contributed by atoms with Gasteiger partial charge in [-0.2, -0.15) is 0 Å². The second kappa shape index (κ2) is 79.7. The number of rotatable bonds is 105. The van der Waals surface area contributed by atoms with Crippen molar-refractivity contribution in [3.05, 3.63) is 57.3 Å². The van der Waals surface area contributed by atoms with Crippen molar-refractivity contribution in [1.82, 2.24) is 4.90 Å². The van der Waals surface area contributed by atoms with Crippen LogP contribution in [0, 0.1) is 57.3 Å². The summed E-state index contributed by atoms with van der Waals surface area (Å²) in [4.78, 5) is 1.68. The van der Waals surface area contributed by atoms with Crippen molar-refractivity contribution in [2.75, 3.05) is 487 Å². The van der Waals surface area contributed by atoms with Crippen LogP contribution in [0.3, 0.4) is 0 Å². The number of aliphatic hydroxyl groups is 6. The fourth-order valence-electron chi connectivity index (χ4n) is 14.4. The number of aliphatic hydroxyl groups excluding tert-OH is 6. The number of hydrogen-bond acceptors (Lipinski definition) is 38. The summed E-state index contributed by atoms with van der Waals surface area (Å²) < 4.78 is 52.7. The summed E-state index contributed by atoms with van der Waals surface area (Å²) in [7, 11) is 0. The van der Waals surface area contributed by atoms with E-state index in [1.54, 1.807) is 4.90 Å². The van der Waals surface area contributed by atoms with E-state index >= 15 is 36.5 Å². The van der Waals surface area contributed by atoms with Gasteiger partial charge < -0.3 is 237 Å². The second-order valence-electron chi connectivity index (χ2n) is 33.5. The van der Waals surface area contributed by atoms with Crippen LogP contribution in [0.5, 0.6) is 0 Å². The van der Waals surface area contributed by atoms with Gasteiger partial charge in [-0.15, -0.1) is 52.9 Å². The third-order valence-electron chi connectivity index (χ3n) is 23.0. The van der Waals surface area contributed by atoms with Crippen LogP contribution in [0.25, 0.3) is 0 Å². The van der Waals surface area contributed by atoms with Gasteiger partial charge in [0.15, 0.2) is 0 Å². The van der Waals surface area contributed by atoms with Crippen molar-refractivity contribution in [2.24, 2.45) is 0 Å².